The minimum Gasteiger partial charge on any atom is -0.497 e. The zero-order chi connectivity index (χ0) is 24.6. The van der Waals surface area contributed by atoms with E-state index in [0.717, 1.165) is 37.0 Å². The molecule has 0 radical (unpaired) electrons. The lowest BCUT2D eigenvalue weighted by Crippen LogP contribution is -2.45. The lowest BCUT2D eigenvalue weighted by atomic mass is 10.2. The number of hydrogen-bond donors (Lipinski definition) is 2. The summed E-state index contributed by atoms with van der Waals surface area (Å²) in [6.07, 6.45) is 0.456. The van der Waals surface area contributed by atoms with E-state index in [2.05, 4.69) is 27.8 Å². The molecule has 11 heteroatoms. The van der Waals surface area contributed by atoms with Crippen LogP contribution in [0.2, 0.25) is 0 Å². The molecule has 1 amide bonds. The van der Waals surface area contributed by atoms with Gasteiger partial charge in [0, 0.05) is 42.8 Å². The van der Waals surface area contributed by atoms with Crippen molar-refractivity contribution in [1.29, 1.82) is 0 Å². The molecule has 2 aromatic rings. The maximum atomic E-state index is 13.0. The quantitative estimate of drug-likeness (QED) is 0.399. The monoisotopic (exact) mass is 499 g/mol. The third-order valence-corrected chi connectivity index (χ3v) is 7.26. The van der Waals surface area contributed by atoms with Gasteiger partial charge in [0.25, 0.3) is 5.69 Å². The first-order chi connectivity index (χ1) is 17.0. The van der Waals surface area contributed by atoms with E-state index in [1.165, 1.54) is 17.7 Å². The summed E-state index contributed by atoms with van der Waals surface area (Å²) in [7, 11) is 1.65. The first kappa shape index (κ1) is 24.6. The van der Waals surface area contributed by atoms with Gasteiger partial charge in [-0.1, -0.05) is 12.1 Å². The molecule has 0 aromatic heterocycles. The SMILES string of the molecule is COc1ccc(CS[C@H]2C[C@@H](CNC3=NCCN3)N(C(=O)OCc3ccc([N+](=O)[O-])cc3)C2)cc1. The zero-order valence-electron chi connectivity index (χ0n) is 19.5. The number of aliphatic imine (C=N–C) groups is 1. The standard InChI is InChI=1S/C24H29N5O5S/c1-33-21-8-4-18(5-9-21)16-35-22-12-20(13-27-23-25-10-11-26-23)28(14-22)24(30)34-15-17-2-6-19(7-3-17)29(31)32/h2-9,20,22H,10-16H2,1H3,(H2,25,26,27)/t20-,22-/m0/s1. The van der Waals surface area contributed by atoms with Crippen LogP contribution in [-0.4, -0.2) is 66.5 Å². The van der Waals surface area contributed by atoms with Gasteiger partial charge in [0.1, 0.15) is 12.4 Å². The van der Waals surface area contributed by atoms with Crippen LogP contribution >= 0.6 is 11.8 Å². The number of carbonyl (C=O) groups excluding carboxylic acids is 1. The number of amides is 1. The van der Waals surface area contributed by atoms with E-state index < -0.39 is 4.92 Å². The Morgan fingerprint density at radius 2 is 1.97 bits per heavy atom. The third kappa shape index (κ3) is 6.78. The van der Waals surface area contributed by atoms with Crippen LogP contribution in [0.3, 0.4) is 0 Å². The number of nitrogens with zero attached hydrogens (tertiary/aromatic N) is 3. The number of nitro groups is 1. The van der Waals surface area contributed by atoms with Crippen LogP contribution in [0.25, 0.3) is 0 Å². The van der Waals surface area contributed by atoms with Gasteiger partial charge in [-0.15, -0.1) is 0 Å². The molecule has 2 atom stereocenters. The second-order valence-electron chi connectivity index (χ2n) is 8.34. The molecule has 10 nitrogen and oxygen atoms in total. The average Bonchev–Trinajstić information content (AvgIpc) is 3.55. The minimum atomic E-state index is -0.454. The highest BCUT2D eigenvalue weighted by atomic mass is 32.2. The molecular formula is C24H29N5O5S. The van der Waals surface area contributed by atoms with Gasteiger partial charge < -0.3 is 25.0 Å². The van der Waals surface area contributed by atoms with E-state index in [1.54, 1.807) is 24.1 Å². The van der Waals surface area contributed by atoms with Crippen molar-refractivity contribution in [2.24, 2.45) is 4.99 Å². The second kappa shape index (κ2) is 11.8. The van der Waals surface area contributed by atoms with Crippen molar-refractivity contribution in [2.75, 3.05) is 33.3 Å². The highest BCUT2D eigenvalue weighted by Crippen LogP contribution is 2.31. The minimum absolute atomic E-state index is 0.00548. The number of carbonyl (C=O) groups is 1. The summed E-state index contributed by atoms with van der Waals surface area (Å²) in [4.78, 5) is 29.5. The van der Waals surface area contributed by atoms with Crippen molar-refractivity contribution in [3.8, 4) is 5.75 Å². The number of ether oxygens (including phenoxy) is 2. The van der Waals surface area contributed by atoms with Gasteiger partial charge in [0.15, 0.2) is 5.96 Å². The van der Waals surface area contributed by atoms with Crippen LogP contribution < -0.4 is 15.4 Å². The smallest absolute Gasteiger partial charge is 0.410 e. The van der Waals surface area contributed by atoms with Gasteiger partial charge >= 0.3 is 6.09 Å². The van der Waals surface area contributed by atoms with Crippen molar-refractivity contribution in [3.05, 3.63) is 69.8 Å². The number of likely N-dealkylation sites (tertiary alicyclic amines) is 1. The van der Waals surface area contributed by atoms with Crippen molar-refractivity contribution in [2.45, 2.75) is 30.1 Å². The number of nitro benzene ring substituents is 1. The maximum absolute atomic E-state index is 13.0. The van der Waals surface area contributed by atoms with Crippen LogP contribution in [-0.2, 0) is 17.1 Å². The van der Waals surface area contributed by atoms with Crippen LogP contribution in [0.1, 0.15) is 17.5 Å². The van der Waals surface area contributed by atoms with Gasteiger partial charge in [0.2, 0.25) is 0 Å². The number of thioether (sulfide) groups is 1. The number of rotatable bonds is 9. The first-order valence-corrected chi connectivity index (χ1v) is 12.5. The molecule has 2 N–H and O–H groups in total. The Bertz CT molecular complexity index is 1050. The highest BCUT2D eigenvalue weighted by Gasteiger charge is 2.36. The summed E-state index contributed by atoms with van der Waals surface area (Å²) in [5.41, 5.74) is 1.91. The van der Waals surface area contributed by atoms with E-state index in [9.17, 15) is 14.9 Å². The van der Waals surface area contributed by atoms with Crippen molar-refractivity contribution < 1.29 is 19.2 Å². The van der Waals surface area contributed by atoms with Gasteiger partial charge in [-0.05, 0) is 41.8 Å². The lowest BCUT2D eigenvalue weighted by Gasteiger charge is -2.24. The van der Waals surface area contributed by atoms with Crippen molar-refractivity contribution >= 4 is 29.5 Å². The lowest BCUT2D eigenvalue weighted by molar-refractivity contribution is -0.384. The van der Waals surface area contributed by atoms with Crippen LogP contribution in [0.5, 0.6) is 5.75 Å². The number of methoxy groups -OCH3 is 1. The maximum Gasteiger partial charge on any atom is 0.410 e. The largest absolute Gasteiger partial charge is 0.497 e. The van der Waals surface area contributed by atoms with Crippen LogP contribution in [0, 0.1) is 10.1 Å². The zero-order valence-corrected chi connectivity index (χ0v) is 20.3. The molecule has 2 heterocycles. The molecule has 0 bridgehead atoms. The summed E-state index contributed by atoms with van der Waals surface area (Å²) in [6.45, 7) is 2.79. The number of non-ortho nitro benzene ring substituents is 1. The number of hydrogen-bond acceptors (Lipinski definition) is 9. The van der Waals surface area contributed by atoms with E-state index in [-0.39, 0.29) is 29.7 Å². The molecule has 2 aliphatic heterocycles. The van der Waals surface area contributed by atoms with Crippen molar-refractivity contribution in [1.82, 2.24) is 15.5 Å². The van der Waals surface area contributed by atoms with Crippen molar-refractivity contribution in [3.63, 3.8) is 0 Å². The molecule has 35 heavy (non-hydrogen) atoms. The third-order valence-electron chi connectivity index (χ3n) is 5.94. The molecule has 186 valence electrons. The Kier molecular flexibility index (Phi) is 8.30. The summed E-state index contributed by atoms with van der Waals surface area (Å²) < 4.78 is 10.8. The van der Waals surface area contributed by atoms with Crippen LogP contribution in [0.15, 0.2) is 53.5 Å². The Balaban J connectivity index is 1.34. The molecule has 2 aliphatic rings. The Labute approximate surface area is 208 Å². The number of nitrogens with one attached hydrogen (secondary N) is 2. The molecule has 1 fully saturated rings. The summed E-state index contributed by atoms with van der Waals surface area (Å²) in [5, 5.41) is 17.6. The molecule has 0 saturated carbocycles. The van der Waals surface area contributed by atoms with Crippen LogP contribution in [0.4, 0.5) is 10.5 Å². The normalized spacial score (nSPS) is 19.1. The predicted molar refractivity (Wildman–Crippen MR) is 135 cm³/mol. The van der Waals surface area contributed by atoms with E-state index in [0.29, 0.717) is 18.7 Å². The van der Waals surface area contributed by atoms with Gasteiger partial charge in [-0.25, -0.2) is 4.79 Å². The summed E-state index contributed by atoms with van der Waals surface area (Å²) in [5.74, 6) is 2.43. The van der Waals surface area contributed by atoms with E-state index >= 15 is 0 Å². The fraction of sp³-hybridized carbons (Fsp3) is 0.417. The van der Waals surface area contributed by atoms with Gasteiger partial charge in [0.05, 0.1) is 24.6 Å². The number of benzene rings is 2. The molecule has 4 rings (SSSR count). The highest BCUT2D eigenvalue weighted by molar-refractivity contribution is 7.99. The van der Waals surface area contributed by atoms with E-state index in [4.69, 9.17) is 9.47 Å². The predicted octanol–water partition coefficient (Wildman–Crippen LogP) is 3.17. The summed E-state index contributed by atoms with van der Waals surface area (Å²) in [6, 6.07) is 14.0. The fourth-order valence-electron chi connectivity index (χ4n) is 4.02. The molecule has 1 saturated heterocycles. The Hall–Kier alpha value is -3.47. The molecular weight excluding hydrogens is 470 g/mol. The molecule has 2 aromatic carbocycles. The second-order valence-corrected chi connectivity index (χ2v) is 9.63. The van der Waals surface area contributed by atoms with E-state index in [1.807, 2.05) is 23.9 Å². The Morgan fingerprint density at radius 3 is 2.63 bits per heavy atom. The molecule has 0 aliphatic carbocycles. The fourth-order valence-corrected chi connectivity index (χ4v) is 5.26. The molecule has 0 unspecified atom stereocenters. The number of guanidine groups is 1. The topological polar surface area (TPSA) is 118 Å². The first-order valence-electron chi connectivity index (χ1n) is 11.5. The Morgan fingerprint density at radius 1 is 1.23 bits per heavy atom. The van der Waals surface area contributed by atoms with Gasteiger partial charge in [-0.2, -0.15) is 11.8 Å². The molecule has 0 spiro atoms. The average molecular weight is 500 g/mol. The van der Waals surface area contributed by atoms with Gasteiger partial charge in [-0.3, -0.25) is 15.1 Å². The summed E-state index contributed by atoms with van der Waals surface area (Å²) >= 11 is 1.82.